The van der Waals surface area contributed by atoms with Crippen LogP contribution in [0.3, 0.4) is 0 Å². The molecule has 6 rings (SSSR count). The van der Waals surface area contributed by atoms with Gasteiger partial charge in [-0.2, -0.15) is 0 Å². The van der Waals surface area contributed by atoms with Crippen LogP contribution >= 0.6 is 0 Å². The normalized spacial score (nSPS) is 24.4. The number of aromatic amines is 1. The van der Waals surface area contributed by atoms with E-state index in [1.807, 2.05) is 0 Å². The Morgan fingerprint density at radius 3 is 2.83 bits per heavy atom. The molecule has 2 aliphatic heterocycles. The number of H-pyrrole nitrogens is 1. The molecule has 1 saturated carbocycles. The minimum Gasteiger partial charge on any atom is -0.491 e. The number of morpholine rings is 1. The van der Waals surface area contributed by atoms with Crippen LogP contribution in [0.25, 0.3) is 11.0 Å². The van der Waals surface area contributed by atoms with E-state index < -0.39 is 0 Å². The number of ether oxygens (including phenoxy) is 2. The third-order valence-electron chi connectivity index (χ3n) is 6.57. The smallest absolute Gasteiger partial charge is 0.143 e. The fourth-order valence-corrected chi connectivity index (χ4v) is 4.74. The average Bonchev–Trinajstić information content (AvgIpc) is 3.53. The van der Waals surface area contributed by atoms with Gasteiger partial charge in [-0.15, -0.1) is 0 Å². The molecule has 0 radical (unpaired) electrons. The Kier molecular flexibility index (Phi) is 4.39. The number of nitrogens with one attached hydrogen (secondary N) is 2. The Morgan fingerprint density at radius 2 is 2.00 bits per heavy atom. The zero-order chi connectivity index (χ0) is 20.1. The lowest BCUT2D eigenvalue weighted by Gasteiger charge is -2.42. The van der Waals surface area contributed by atoms with Gasteiger partial charge in [0.05, 0.1) is 30.7 Å². The fourth-order valence-electron chi connectivity index (χ4n) is 4.74. The molecule has 2 N–H and O–H groups in total. The van der Waals surface area contributed by atoms with Crippen molar-refractivity contribution >= 4 is 16.9 Å². The maximum absolute atomic E-state index is 6.21. The summed E-state index contributed by atoms with van der Waals surface area (Å²) in [6.07, 6.45) is 4.17. The van der Waals surface area contributed by atoms with Crippen LogP contribution in [0.1, 0.15) is 41.6 Å². The van der Waals surface area contributed by atoms with Gasteiger partial charge in [0, 0.05) is 24.3 Å². The molecule has 7 nitrogen and oxygen atoms in total. The molecule has 4 heterocycles. The Hall–Kier alpha value is -2.64. The SMILES string of the molecule is Cc1ccc2c(c1)OC[C@H](N1CCOCC1)[C@H]2Nc1ncnc2[nH]c(C3CC3)cc12. The van der Waals surface area contributed by atoms with E-state index in [9.17, 15) is 0 Å². The number of fused-ring (bicyclic) bond motifs is 2. The Balaban J connectivity index is 1.39. The van der Waals surface area contributed by atoms with Crippen LogP contribution in [0, 0.1) is 6.92 Å². The largest absolute Gasteiger partial charge is 0.491 e. The molecule has 1 aliphatic carbocycles. The molecule has 1 aromatic carbocycles. The van der Waals surface area contributed by atoms with Gasteiger partial charge < -0.3 is 19.8 Å². The predicted octanol–water partition coefficient (Wildman–Crippen LogP) is 3.39. The Morgan fingerprint density at radius 1 is 1.13 bits per heavy atom. The van der Waals surface area contributed by atoms with Crippen molar-refractivity contribution in [2.75, 3.05) is 38.2 Å². The van der Waals surface area contributed by atoms with Crippen molar-refractivity contribution in [3.63, 3.8) is 0 Å². The van der Waals surface area contributed by atoms with Gasteiger partial charge in [-0.05, 0) is 43.4 Å². The summed E-state index contributed by atoms with van der Waals surface area (Å²) < 4.78 is 11.8. The van der Waals surface area contributed by atoms with Gasteiger partial charge >= 0.3 is 0 Å². The molecule has 0 bridgehead atoms. The molecule has 7 heteroatoms. The van der Waals surface area contributed by atoms with Gasteiger partial charge in [0.15, 0.2) is 0 Å². The highest BCUT2D eigenvalue weighted by atomic mass is 16.5. The van der Waals surface area contributed by atoms with Gasteiger partial charge in [0.2, 0.25) is 0 Å². The van der Waals surface area contributed by atoms with Crippen LogP contribution in [-0.4, -0.2) is 58.8 Å². The molecule has 2 aromatic heterocycles. The minimum atomic E-state index is 0.0878. The van der Waals surface area contributed by atoms with Gasteiger partial charge in [0.25, 0.3) is 0 Å². The molecule has 3 aromatic rings. The molecular weight excluding hydrogens is 378 g/mol. The number of nitrogens with zero attached hydrogens (tertiary/aromatic N) is 3. The first kappa shape index (κ1) is 18.2. The van der Waals surface area contributed by atoms with Crippen LogP contribution < -0.4 is 10.1 Å². The highest BCUT2D eigenvalue weighted by Gasteiger charge is 2.36. The zero-order valence-corrected chi connectivity index (χ0v) is 17.2. The van der Waals surface area contributed by atoms with Crippen molar-refractivity contribution in [1.82, 2.24) is 19.9 Å². The van der Waals surface area contributed by atoms with E-state index in [1.54, 1.807) is 6.33 Å². The van der Waals surface area contributed by atoms with E-state index in [0.717, 1.165) is 48.9 Å². The number of aromatic nitrogens is 3. The maximum atomic E-state index is 6.21. The highest BCUT2D eigenvalue weighted by Crippen LogP contribution is 2.42. The second-order valence-electron chi connectivity index (χ2n) is 8.67. The molecule has 0 spiro atoms. The molecule has 1 saturated heterocycles. The van der Waals surface area contributed by atoms with E-state index in [-0.39, 0.29) is 12.1 Å². The topological polar surface area (TPSA) is 75.3 Å². The molecule has 0 unspecified atom stereocenters. The van der Waals surface area contributed by atoms with Crippen LogP contribution in [0.2, 0.25) is 0 Å². The summed E-state index contributed by atoms with van der Waals surface area (Å²) in [5.41, 5.74) is 4.59. The van der Waals surface area contributed by atoms with E-state index in [4.69, 9.17) is 9.47 Å². The summed E-state index contributed by atoms with van der Waals surface area (Å²) in [5.74, 6) is 2.51. The molecule has 2 atom stereocenters. The minimum absolute atomic E-state index is 0.0878. The van der Waals surface area contributed by atoms with E-state index in [1.165, 1.54) is 29.7 Å². The molecule has 2 fully saturated rings. The van der Waals surface area contributed by atoms with Gasteiger partial charge in [-0.25, -0.2) is 9.97 Å². The monoisotopic (exact) mass is 405 g/mol. The van der Waals surface area contributed by atoms with Gasteiger partial charge in [0.1, 0.15) is 30.1 Å². The summed E-state index contributed by atoms with van der Waals surface area (Å²) in [6.45, 7) is 6.13. The van der Waals surface area contributed by atoms with Crippen molar-refractivity contribution < 1.29 is 9.47 Å². The molecule has 3 aliphatic rings. The van der Waals surface area contributed by atoms with Crippen molar-refractivity contribution in [3.8, 4) is 5.75 Å². The quantitative estimate of drug-likeness (QED) is 0.693. The van der Waals surface area contributed by atoms with Crippen molar-refractivity contribution in [3.05, 3.63) is 47.4 Å². The number of benzene rings is 1. The maximum Gasteiger partial charge on any atom is 0.143 e. The molecule has 156 valence electrons. The van der Waals surface area contributed by atoms with E-state index in [2.05, 4.69) is 56.4 Å². The third kappa shape index (κ3) is 3.22. The Labute approximate surface area is 175 Å². The van der Waals surface area contributed by atoms with Crippen LogP contribution in [0.4, 0.5) is 5.82 Å². The first-order chi connectivity index (χ1) is 14.8. The zero-order valence-electron chi connectivity index (χ0n) is 17.2. The molecule has 0 amide bonds. The standard InChI is InChI=1S/C23H27N5O2/c1-14-2-5-16-20(10-14)30-12-19(28-6-8-29-9-7-28)21(16)27-23-17-11-18(15-3-4-15)26-22(17)24-13-25-23/h2,5,10-11,13,15,19,21H,3-4,6-9,12H2,1H3,(H2,24,25,26,27)/t19-,21-/m0/s1. The fraction of sp³-hybridized carbons (Fsp3) is 0.478. The summed E-state index contributed by atoms with van der Waals surface area (Å²) in [6, 6.07) is 9.03. The Bertz CT molecular complexity index is 1070. The van der Waals surface area contributed by atoms with Crippen LogP contribution in [-0.2, 0) is 4.74 Å². The number of aryl methyl sites for hydroxylation is 1. The highest BCUT2D eigenvalue weighted by molar-refractivity contribution is 5.88. The van der Waals surface area contributed by atoms with Crippen LogP contribution in [0.15, 0.2) is 30.6 Å². The summed E-state index contributed by atoms with van der Waals surface area (Å²) in [5, 5.41) is 4.86. The second kappa shape index (κ2) is 7.25. The molecule has 30 heavy (non-hydrogen) atoms. The summed E-state index contributed by atoms with van der Waals surface area (Å²) in [7, 11) is 0. The van der Waals surface area contributed by atoms with Crippen molar-refractivity contribution in [2.45, 2.75) is 37.8 Å². The van der Waals surface area contributed by atoms with Crippen LogP contribution in [0.5, 0.6) is 5.75 Å². The lowest BCUT2D eigenvalue weighted by molar-refractivity contribution is -0.00342. The summed E-state index contributed by atoms with van der Waals surface area (Å²) >= 11 is 0. The summed E-state index contributed by atoms with van der Waals surface area (Å²) in [4.78, 5) is 15.1. The number of anilines is 1. The first-order valence-corrected chi connectivity index (χ1v) is 10.9. The lowest BCUT2D eigenvalue weighted by Crippen LogP contribution is -2.52. The first-order valence-electron chi connectivity index (χ1n) is 10.9. The predicted molar refractivity (Wildman–Crippen MR) is 115 cm³/mol. The molecular formula is C23H27N5O2. The van der Waals surface area contributed by atoms with E-state index >= 15 is 0 Å². The number of rotatable bonds is 4. The van der Waals surface area contributed by atoms with E-state index in [0.29, 0.717) is 12.5 Å². The van der Waals surface area contributed by atoms with Gasteiger partial charge in [-0.1, -0.05) is 12.1 Å². The number of hydrogen-bond acceptors (Lipinski definition) is 6. The van der Waals surface area contributed by atoms with Crippen molar-refractivity contribution in [1.29, 1.82) is 0 Å². The average molecular weight is 406 g/mol. The van der Waals surface area contributed by atoms with Crippen molar-refractivity contribution in [2.24, 2.45) is 0 Å². The lowest BCUT2D eigenvalue weighted by atomic mass is 9.93. The van der Waals surface area contributed by atoms with Gasteiger partial charge in [-0.3, -0.25) is 4.90 Å². The second-order valence-corrected chi connectivity index (χ2v) is 8.67. The number of hydrogen-bond donors (Lipinski definition) is 2. The third-order valence-corrected chi connectivity index (χ3v) is 6.57.